The third kappa shape index (κ3) is 3.38. The minimum atomic E-state index is -1.74. The van der Waals surface area contributed by atoms with E-state index in [-0.39, 0.29) is 31.8 Å². The summed E-state index contributed by atoms with van der Waals surface area (Å²) in [7, 11) is 0. The molecule has 2 aliphatic rings. The molecule has 0 bridgehead atoms. The predicted molar refractivity (Wildman–Crippen MR) is 91.6 cm³/mol. The van der Waals surface area contributed by atoms with Crippen molar-refractivity contribution in [2.24, 2.45) is 0 Å². The third-order valence-electron chi connectivity index (χ3n) is 5.41. The van der Waals surface area contributed by atoms with Gasteiger partial charge in [-0.15, -0.1) is 0 Å². The van der Waals surface area contributed by atoms with Crippen LogP contribution in [0.2, 0.25) is 5.02 Å². The van der Waals surface area contributed by atoms with E-state index in [0.717, 1.165) is 5.56 Å². The molecule has 1 amide bonds. The molecule has 136 valence electrons. The van der Waals surface area contributed by atoms with Crippen molar-refractivity contribution in [3.63, 3.8) is 0 Å². The van der Waals surface area contributed by atoms with Crippen LogP contribution in [0.25, 0.3) is 0 Å². The normalized spacial score (nSPS) is 22.4. The highest BCUT2D eigenvalue weighted by Crippen LogP contribution is 2.39. The summed E-state index contributed by atoms with van der Waals surface area (Å²) in [5.74, 6) is -1.26. The zero-order valence-corrected chi connectivity index (χ0v) is 14.7. The number of hydrogen-bond acceptors (Lipinski definition) is 4. The molecule has 2 saturated heterocycles. The summed E-state index contributed by atoms with van der Waals surface area (Å²) in [5, 5.41) is 19.8. The number of nitrogens with zero attached hydrogens (tertiary/aromatic N) is 1. The average Bonchev–Trinajstić information content (AvgIpc) is 2.62. The topological polar surface area (TPSA) is 87.1 Å². The molecule has 25 heavy (non-hydrogen) atoms. The van der Waals surface area contributed by atoms with Crippen LogP contribution >= 0.6 is 11.6 Å². The summed E-state index contributed by atoms with van der Waals surface area (Å²) < 4.78 is 5.46. The van der Waals surface area contributed by atoms with E-state index >= 15 is 0 Å². The molecule has 2 aliphatic heterocycles. The highest BCUT2D eigenvalue weighted by molar-refractivity contribution is 6.30. The lowest BCUT2D eigenvalue weighted by molar-refractivity contribution is -0.166. The van der Waals surface area contributed by atoms with Crippen molar-refractivity contribution in [3.8, 4) is 0 Å². The van der Waals surface area contributed by atoms with Crippen molar-refractivity contribution in [1.29, 1.82) is 0 Å². The monoisotopic (exact) mass is 367 g/mol. The predicted octanol–water partition coefficient (Wildman–Crippen LogP) is 1.83. The number of piperidine rings is 1. The highest BCUT2D eigenvalue weighted by atomic mass is 35.5. The highest BCUT2D eigenvalue weighted by Gasteiger charge is 2.47. The molecular formula is C18H22ClNO5. The van der Waals surface area contributed by atoms with Gasteiger partial charge in [0.05, 0.1) is 5.41 Å². The molecule has 2 heterocycles. The Labute approximate surface area is 151 Å². The number of carboxylic acid groups (broad SMARTS) is 1. The second-order valence-corrected chi connectivity index (χ2v) is 7.27. The molecule has 1 aromatic rings. The number of carbonyl (C=O) groups is 2. The van der Waals surface area contributed by atoms with Crippen molar-refractivity contribution in [2.45, 2.75) is 36.7 Å². The molecule has 0 aromatic heterocycles. The number of halogens is 1. The van der Waals surface area contributed by atoms with E-state index in [1.807, 2.05) is 18.2 Å². The van der Waals surface area contributed by atoms with Gasteiger partial charge in [0, 0.05) is 44.2 Å². The summed E-state index contributed by atoms with van der Waals surface area (Å²) in [6.07, 6.45) is 1.20. The zero-order chi connectivity index (χ0) is 18.1. The van der Waals surface area contributed by atoms with Crippen LogP contribution < -0.4 is 0 Å². The van der Waals surface area contributed by atoms with Gasteiger partial charge in [0.25, 0.3) is 0 Å². The molecule has 2 fully saturated rings. The van der Waals surface area contributed by atoms with Crippen molar-refractivity contribution in [3.05, 3.63) is 34.9 Å². The van der Waals surface area contributed by atoms with Gasteiger partial charge in [-0.2, -0.15) is 0 Å². The fraction of sp³-hybridized carbons (Fsp3) is 0.556. The fourth-order valence-corrected chi connectivity index (χ4v) is 3.92. The first-order valence-electron chi connectivity index (χ1n) is 8.46. The first-order valence-corrected chi connectivity index (χ1v) is 8.84. The zero-order valence-electron chi connectivity index (χ0n) is 13.9. The number of ether oxygens (including phenoxy) is 1. The molecule has 2 N–H and O–H groups in total. The Hall–Kier alpha value is -1.63. The molecular weight excluding hydrogens is 346 g/mol. The molecule has 0 radical (unpaired) electrons. The molecule has 0 saturated carbocycles. The second-order valence-electron chi connectivity index (χ2n) is 6.83. The quantitative estimate of drug-likeness (QED) is 0.851. The van der Waals surface area contributed by atoms with E-state index in [1.54, 1.807) is 11.0 Å². The van der Waals surface area contributed by atoms with Gasteiger partial charge in [0.1, 0.15) is 0 Å². The Morgan fingerprint density at radius 1 is 1.12 bits per heavy atom. The van der Waals surface area contributed by atoms with Crippen molar-refractivity contribution >= 4 is 23.5 Å². The maximum absolute atomic E-state index is 13.4. The minimum Gasteiger partial charge on any atom is -0.479 e. The van der Waals surface area contributed by atoms with Gasteiger partial charge in [-0.1, -0.05) is 23.7 Å². The summed E-state index contributed by atoms with van der Waals surface area (Å²) in [6, 6.07) is 7.34. The summed E-state index contributed by atoms with van der Waals surface area (Å²) >= 11 is 6.13. The first kappa shape index (κ1) is 18.2. The van der Waals surface area contributed by atoms with Crippen LogP contribution in [0.5, 0.6) is 0 Å². The van der Waals surface area contributed by atoms with Crippen molar-refractivity contribution in [1.82, 2.24) is 4.90 Å². The first-order chi connectivity index (χ1) is 11.9. The van der Waals surface area contributed by atoms with Gasteiger partial charge in [-0.3, -0.25) is 4.79 Å². The van der Waals surface area contributed by atoms with Crippen LogP contribution in [0, 0.1) is 0 Å². The molecule has 7 heteroatoms. The fourth-order valence-electron chi connectivity index (χ4n) is 3.73. The number of carbonyl (C=O) groups excluding carboxylic acids is 1. The minimum absolute atomic E-state index is 0.0366. The Balaban J connectivity index is 1.85. The lowest BCUT2D eigenvalue weighted by atomic mass is 9.72. The van der Waals surface area contributed by atoms with Crippen LogP contribution in [0.15, 0.2) is 24.3 Å². The lowest BCUT2D eigenvalue weighted by Gasteiger charge is -2.43. The number of rotatable bonds is 3. The SMILES string of the molecule is O=C(O)C1(O)CCN(C(=O)C2(c3cccc(Cl)c3)CCOCC2)CC1. The maximum atomic E-state index is 13.4. The summed E-state index contributed by atoms with van der Waals surface area (Å²) in [5.41, 5.74) is -1.58. The van der Waals surface area contributed by atoms with E-state index in [9.17, 15) is 14.7 Å². The van der Waals surface area contributed by atoms with Crippen LogP contribution in [-0.2, 0) is 19.7 Å². The lowest BCUT2D eigenvalue weighted by Crippen LogP contribution is -2.56. The van der Waals surface area contributed by atoms with Crippen LogP contribution in [0.3, 0.4) is 0 Å². The van der Waals surface area contributed by atoms with E-state index in [2.05, 4.69) is 0 Å². The number of aliphatic hydroxyl groups is 1. The molecule has 1 aromatic carbocycles. The number of hydrogen-bond donors (Lipinski definition) is 2. The van der Waals surface area contributed by atoms with Crippen LogP contribution in [-0.4, -0.2) is 58.9 Å². The van der Waals surface area contributed by atoms with E-state index in [4.69, 9.17) is 21.4 Å². The summed E-state index contributed by atoms with van der Waals surface area (Å²) in [4.78, 5) is 26.2. The largest absolute Gasteiger partial charge is 0.479 e. The Morgan fingerprint density at radius 2 is 1.76 bits per heavy atom. The van der Waals surface area contributed by atoms with E-state index < -0.39 is 17.0 Å². The Bertz CT molecular complexity index is 663. The second kappa shape index (κ2) is 6.94. The Kier molecular flexibility index (Phi) is 5.04. The van der Waals surface area contributed by atoms with Gasteiger partial charge in [-0.05, 0) is 30.5 Å². The molecule has 0 unspecified atom stereocenters. The molecule has 6 nitrogen and oxygen atoms in total. The number of carboxylic acids is 1. The van der Waals surface area contributed by atoms with Crippen molar-refractivity contribution < 1.29 is 24.5 Å². The average molecular weight is 368 g/mol. The van der Waals surface area contributed by atoms with Crippen LogP contribution in [0.4, 0.5) is 0 Å². The molecule has 0 spiro atoms. The third-order valence-corrected chi connectivity index (χ3v) is 5.64. The molecule has 0 atom stereocenters. The van der Waals surface area contributed by atoms with E-state index in [1.165, 1.54) is 0 Å². The molecule has 0 aliphatic carbocycles. The smallest absolute Gasteiger partial charge is 0.335 e. The van der Waals surface area contributed by atoms with E-state index in [0.29, 0.717) is 31.1 Å². The molecule has 3 rings (SSSR count). The van der Waals surface area contributed by atoms with Crippen LogP contribution in [0.1, 0.15) is 31.2 Å². The number of aliphatic carboxylic acids is 1. The van der Waals surface area contributed by atoms with Gasteiger partial charge in [0.2, 0.25) is 5.91 Å². The van der Waals surface area contributed by atoms with Crippen molar-refractivity contribution in [2.75, 3.05) is 26.3 Å². The number of benzene rings is 1. The number of amides is 1. The van der Waals surface area contributed by atoms with Gasteiger partial charge < -0.3 is 19.8 Å². The Morgan fingerprint density at radius 3 is 2.32 bits per heavy atom. The van der Waals surface area contributed by atoms with Gasteiger partial charge in [-0.25, -0.2) is 4.79 Å². The maximum Gasteiger partial charge on any atom is 0.335 e. The number of likely N-dealkylation sites (tertiary alicyclic amines) is 1. The van der Waals surface area contributed by atoms with Gasteiger partial charge >= 0.3 is 5.97 Å². The van der Waals surface area contributed by atoms with Gasteiger partial charge in [0.15, 0.2) is 5.60 Å². The summed E-state index contributed by atoms with van der Waals surface area (Å²) in [6.45, 7) is 1.44. The standard InChI is InChI=1S/C18H22ClNO5/c19-14-3-1-2-13(12-14)17(6-10-25-11-7-17)15(21)20-8-4-18(24,5-9-20)16(22)23/h1-3,12,24H,4-11H2,(H,22,23).